The molecule has 0 aliphatic heterocycles. The third kappa shape index (κ3) is 5.55. The Bertz CT molecular complexity index is 774. The third-order valence-corrected chi connectivity index (χ3v) is 4.48. The van der Waals surface area contributed by atoms with E-state index in [1.165, 1.54) is 7.05 Å². The SMILES string of the molecule is CNCCC[C@H](NC=O)C(=O)NC(Cc1c[nH]c2ccccc12)C(=O)NC. The van der Waals surface area contributed by atoms with E-state index in [2.05, 4.69) is 26.3 Å². The van der Waals surface area contributed by atoms with Crippen LogP contribution in [0, 0.1) is 0 Å². The Morgan fingerprint density at radius 3 is 2.63 bits per heavy atom. The molecule has 0 aliphatic carbocycles. The lowest BCUT2D eigenvalue weighted by Crippen LogP contribution is -2.53. The van der Waals surface area contributed by atoms with Crippen LogP contribution in [-0.2, 0) is 20.8 Å². The van der Waals surface area contributed by atoms with Crippen LogP contribution < -0.4 is 21.3 Å². The Labute approximate surface area is 158 Å². The minimum Gasteiger partial charge on any atom is -0.361 e. The van der Waals surface area contributed by atoms with Crippen LogP contribution in [0.3, 0.4) is 0 Å². The van der Waals surface area contributed by atoms with Crippen LogP contribution in [0.1, 0.15) is 18.4 Å². The van der Waals surface area contributed by atoms with E-state index >= 15 is 0 Å². The number of aromatic nitrogens is 1. The molecule has 27 heavy (non-hydrogen) atoms. The monoisotopic (exact) mass is 373 g/mol. The van der Waals surface area contributed by atoms with E-state index in [9.17, 15) is 14.4 Å². The zero-order valence-electron chi connectivity index (χ0n) is 15.7. The number of rotatable bonds is 11. The van der Waals surface area contributed by atoms with E-state index in [0.717, 1.165) is 29.4 Å². The summed E-state index contributed by atoms with van der Waals surface area (Å²) in [7, 11) is 3.36. The fourth-order valence-electron chi connectivity index (χ4n) is 3.03. The number of carbonyl (C=O) groups excluding carboxylic acids is 3. The molecule has 2 atom stereocenters. The van der Waals surface area contributed by atoms with Gasteiger partial charge in [0.1, 0.15) is 12.1 Å². The minimum absolute atomic E-state index is 0.284. The molecular weight excluding hydrogens is 346 g/mol. The summed E-state index contributed by atoms with van der Waals surface area (Å²) in [6.45, 7) is 0.735. The first-order valence-electron chi connectivity index (χ1n) is 9.02. The molecule has 0 spiro atoms. The highest BCUT2D eigenvalue weighted by Crippen LogP contribution is 2.19. The van der Waals surface area contributed by atoms with Gasteiger partial charge in [-0.1, -0.05) is 18.2 Å². The van der Waals surface area contributed by atoms with Gasteiger partial charge < -0.3 is 26.3 Å². The second-order valence-corrected chi connectivity index (χ2v) is 6.32. The number of carbonyl (C=O) groups is 3. The first kappa shape index (κ1) is 20.4. The Balaban J connectivity index is 2.11. The first-order chi connectivity index (χ1) is 13.1. The average Bonchev–Trinajstić information content (AvgIpc) is 3.09. The van der Waals surface area contributed by atoms with Gasteiger partial charge in [-0.15, -0.1) is 0 Å². The third-order valence-electron chi connectivity index (χ3n) is 4.48. The molecule has 0 bridgehead atoms. The molecule has 1 aromatic heterocycles. The second-order valence-electron chi connectivity index (χ2n) is 6.32. The summed E-state index contributed by atoms with van der Waals surface area (Å²) >= 11 is 0. The van der Waals surface area contributed by atoms with Gasteiger partial charge in [-0.25, -0.2) is 0 Å². The van der Waals surface area contributed by atoms with Gasteiger partial charge in [-0.05, 0) is 38.1 Å². The van der Waals surface area contributed by atoms with Crippen molar-refractivity contribution in [2.75, 3.05) is 20.6 Å². The fourth-order valence-corrected chi connectivity index (χ4v) is 3.03. The molecule has 3 amide bonds. The lowest BCUT2D eigenvalue weighted by atomic mass is 10.0. The normalized spacial score (nSPS) is 13.0. The number of aromatic amines is 1. The van der Waals surface area contributed by atoms with Crippen molar-refractivity contribution in [2.24, 2.45) is 0 Å². The Hall–Kier alpha value is -2.87. The van der Waals surface area contributed by atoms with Gasteiger partial charge in [0.05, 0.1) is 0 Å². The van der Waals surface area contributed by atoms with E-state index in [-0.39, 0.29) is 11.8 Å². The first-order valence-corrected chi connectivity index (χ1v) is 9.02. The number of benzene rings is 1. The maximum absolute atomic E-state index is 12.6. The van der Waals surface area contributed by atoms with Gasteiger partial charge >= 0.3 is 0 Å². The number of hydrogen-bond donors (Lipinski definition) is 5. The zero-order chi connectivity index (χ0) is 19.6. The molecule has 1 heterocycles. The van der Waals surface area contributed by atoms with Gasteiger partial charge in [-0.3, -0.25) is 14.4 Å². The smallest absolute Gasteiger partial charge is 0.243 e. The zero-order valence-corrected chi connectivity index (χ0v) is 15.7. The molecule has 0 saturated carbocycles. The predicted molar refractivity (Wildman–Crippen MR) is 104 cm³/mol. The van der Waals surface area contributed by atoms with Gasteiger partial charge in [0.2, 0.25) is 18.2 Å². The predicted octanol–water partition coefficient (Wildman–Crippen LogP) is 0.0554. The summed E-state index contributed by atoms with van der Waals surface area (Å²) in [4.78, 5) is 38.9. The van der Waals surface area contributed by atoms with Crippen LogP contribution in [0.25, 0.3) is 10.9 Å². The van der Waals surface area contributed by atoms with Crippen LogP contribution >= 0.6 is 0 Å². The summed E-state index contributed by atoms with van der Waals surface area (Å²) in [5.74, 6) is -0.652. The molecule has 2 rings (SSSR count). The largest absolute Gasteiger partial charge is 0.361 e. The molecule has 0 aliphatic rings. The van der Waals surface area contributed by atoms with Gasteiger partial charge in [-0.2, -0.15) is 0 Å². The lowest BCUT2D eigenvalue weighted by molar-refractivity contribution is -0.130. The molecule has 8 nitrogen and oxygen atoms in total. The summed E-state index contributed by atoms with van der Waals surface area (Å²) in [6.07, 6.45) is 3.92. The van der Waals surface area contributed by atoms with Gasteiger partial charge in [0, 0.05) is 30.6 Å². The maximum atomic E-state index is 12.6. The van der Waals surface area contributed by atoms with Crippen molar-refractivity contribution in [3.63, 3.8) is 0 Å². The second kappa shape index (κ2) is 10.3. The number of fused-ring (bicyclic) bond motifs is 1. The van der Waals surface area contributed by atoms with Crippen molar-refractivity contribution in [1.29, 1.82) is 0 Å². The Morgan fingerprint density at radius 1 is 1.15 bits per heavy atom. The summed E-state index contributed by atoms with van der Waals surface area (Å²) in [6, 6.07) is 6.38. The maximum Gasteiger partial charge on any atom is 0.243 e. The highest BCUT2D eigenvalue weighted by molar-refractivity contribution is 5.91. The van der Waals surface area contributed by atoms with E-state index in [0.29, 0.717) is 19.3 Å². The van der Waals surface area contributed by atoms with E-state index in [1.807, 2.05) is 37.5 Å². The molecule has 146 valence electrons. The van der Waals surface area contributed by atoms with Crippen LogP contribution in [-0.4, -0.2) is 55.9 Å². The number of amides is 3. The van der Waals surface area contributed by atoms with Crippen LogP contribution in [0.2, 0.25) is 0 Å². The number of likely N-dealkylation sites (N-methyl/N-ethyl adjacent to an activating group) is 1. The number of nitrogens with one attached hydrogen (secondary N) is 5. The topological polar surface area (TPSA) is 115 Å². The van der Waals surface area contributed by atoms with Crippen LogP contribution in [0.4, 0.5) is 0 Å². The van der Waals surface area contributed by atoms with Crippen molar-refractivity contribution in [2.45, 2.75) is 31.3 Å². The standard InChI is InChI=1S/C19H27N5O3/c1-20-9-5-8-16(23-12-25)19(27)24-17(18(26)21-2)10-13-11-22-15-7-4-3-6-14(13)15/h3-4,6-7,11-12,16-17,20,22H,5,8-10H2,1-2H3,(H,21,26)(H,23,25)(H,24,27)/t16-,17?/m0/s1. The number of hydrogen-bond acceptors (Lipinski definition) is 4. The van der Waals surface area contributed by atoms with Crippen LogP contribution in [0.15, 0.2) is 30.5 Å². The van der Waals surface area contributed by atoms with Crippen molar-refractivity contribution in [3.8, 4) is 0 Å². The molecule has 2 aromatic rings. The van der Waals surface area contributed by atoms with Crippen molar-refractivity contribution in [3.05, 3.63) is 36.0 Å². The van der Waals surface area contributed by atoms with E-state index < -0.39 is 12.1 Å². The van der Waals surface area contributed by atoms with E-state index in [1.54, 1.807) is 0 Å². The summed E-state index contributed by atoms with van der Waals surface area (Å²) in [5.41, 5.74) is 1.91. The molecular formula is C19H27N5O3. The molecule has 5 N–H and O–H groups in total. The van der Waals surface area contributed by atoms with Gasteiger partial charge in [0.25, 0.3) is 0 Å². The highest BCUT2D eigenvalue weighted by Gasteiger charge is 2.25. The summed E-state index contributed by atoms with van der Waals surface area (Å²) in [5, 5.41) is 11.9. The lowest BCUT2D eigenvalue weighted by Gasteiger charge is -2.21. The van der Waals surface area contributed by atoms with Crippen molar-refractivity contribution >= 4 is 29.1 Å². The average molecular weight is 373 g/mol. The highest BCUT2D eigenvalue weighted by atomic mass is 16.2. The number of para-hydroxylation sites is 1. The Morgan fingerprint density at radius 2 is 1.93 bits per heavy atom. The van der Waals surface area contributed by atoms with Gasteiger partial charge in [0.15, 0.2) is 0 Å². The molecule has 1 unspecified atom stereocenters. The van der Waals surface area contributed by atoms with Crippen LogP contribution in [0.5, 0.6) is 0 Å². The molecule has 0 saturated heterocycles. The molecule has 8 heteroatoms. The number of H-pyrrole nitrogens is 1. The quantitative estimate of drug-likeness (QED) is 0.283. The summed E-state index contributed by atoms with van der Waals surface area (Å²) < 4.78 is 0. The minimum atomic E-state index is -0.734. The Kier molecular flexibility index (Phi) is 7.81. The van der Waals surface area contributed by atoms with Crippen molar-refractivity contribution in [1.82, 2.24) is 26.3 Å². The molecule has 1 aromatic carbocycles. The molecule has 0 radical (unpaired) electrons. The fraction of sp³-hybridized carbons (Fsp3) is 0.421. The van der Waals surface area contributed by atoms with E-state index in [4.69, 9.17) is 0 Å². The van der Waals surface area contributed by atoms with Crippen molar-refractivity contribution < 1.29 is 14.4 Å². The molecule has 0 fully saturated rings.